The molecular weight excluding hydrogens is 346 g/mol. The fourth-order valence-electron chi connectivity index (χ4n) is 3.48. The predicted octanol–water partition coefficient (Wildman–Crippen LogP) is 0.827. The lowest BCUT2D eigenvalue weighted by molar-refractivity contribution is -0.137. The zero-order chi connectivity index (χ0) is 19.1. The first-order valence-corrected chi connectivity index (χ1v) is 9.57. The quantitative estimate of drug-likeness (QED) is 0.721. The molecule has 3 atom stereocenters. The van der Waals surface area contributed by atoms with E-state index in [-0.39, 0.29) is 37.4 Å². The summed E-state index contributed by atoms with van der Waals surface area (Å²) in [6.07, 6.45) is 8.04. The monoisotopic (exact) mass is 373 g/mol. The second-order valence-electron chi connectivity index (χ2n) is 7.02. The largest absolute Gasteiger partial charge is 0.394 e. The van der Waals surface area contributed by atoms with Crippen LogP contribution >= 0.6 is 0 Å². The summed E-state index contributed by atoms with van der Waals surface area (Å²) in [5, 5.41) is 12.5. The number of nitrogens with one attached hydrogen (secondary N) is 1. The van der Waals surface area contributed by atoms with Crippen LogP contribution in [-0.2, 0) is 20.7 Å². The van der Waals surface area contributed by atoms with Gasteiger partial charge in [0.2, 0.25) is 11.8 Å². The summed E-state index contributed by atoms with van der Waals surface area (Å²) in [6, 6.07) is 5.00. The number of aliphatic hydroxyl groups is 1. The third-order valence-electron chi connectivity index (χ3n) is 4.94. The van der Waals surface area contributed by atoms with E-state index in [0.29, 0.717) is 5.69 Å². The molecule has 0 saturated carbocycles. The maximum Gasteiger partial charge on any atom is 0.226 e. The molecule has 1 aromatic heterocycles. The Morgan fingerprint density at radius 2 is 2.04 bits per heavy atom. The second kappa shape index (κ2) is 9.62. The molecule has 1 saturated heterocycles. The molecule has 2 aliphatic rings. The van der Waals surface area contributed by atoms with Gasteiger partial charge in [-0.05, 0) is 31.4 Å². The fraction of sp³-hybridized carbons (Fsp3) is 0.550. The van der Waals surface area contributed by atoms with Gasteiger partial charge in [-0.25, -0.2) is 0 Å². The summed E-state index contributed by atoms with van der Waals surface area (Å²) >= 11 is 0. The smallest absolute Gasteiger partial charge is 0.226 e. The Morgan fingerprint density at radius 3 is 2.74 bits per heavy atom. The van der Waals surface area contributed by atoms with Crippen LogP contribution in [-0.4, -0.2) is 64.8 Å². The minimum Gasteiger partial charge on any atom is -0.394 e. The van der Waals surface area contributed by atoms with Gasteiger partial charge in [0.25, 0.3) is 0 Å². The van der Waals surface area contributed by atoms with Crippen molar-refractivity contribution in [3.63, 3.8) is 0 Å². The molecule has 3 rings (SSSR count). The molecule has 1 aromatic rings. The van der Waals surface area contributed by atoms with Crippen LogP contribution in [0.1, 0.15) is 31.4 Å². The van der Waals surface area contributed by atoms with Crippen molar-refractivity contribution in [1.29, 1.82) is 0 Å². The van der Waals surface area contributed by atoms with Crippen LogP contribution in [0.25, 0.3) is 0 Å². The lowest BCUT2D eigenvalue weighted by Gasteiger charge is -2.33. The Labute approximate surface area is 159 Å². The standard InChI is InChI=1S/C20H27N3O4/c24-14-18-17(22-19(25)12-15-6-2-3-9-21-15)8-7-16(27-18)13-20(26)23-10-4-1-5-11-23/h2-3,6-9,16-18,24H,1,4-5,10-14H2,(H,22,25)/t16-,17-,18-/m1/s1. The van der Waals surface area contributed by atoms with Gasteiger partial charge in [-0.15, -0.1) is 0 Å². The summed E-state index contributed by atoms with van der Waals surface area (Å²) in [7, 11) is 0. The van der Waals surface area contributed by atoms with Gasteiger partial charge in [0.05, 0.1) is 31.6 Å². The molecule has 0 radical (unpaired) electrons. The van der Waals surface area contributed by atoms with Crippen molar-refractivity contribution in [3.8, 4) is 0 Å². The predicted molar refractivity (Wildman–Crippen MR) is 99.8 cm³/mol. The van der Waals surface area contributed by atoms with Gasteiger partial charge >= 0.3 is 0 Å². The Balaban J connectivity index is 1.52. The minimum atomic E-state index is -0.568. The molecular formula is C20H27N3O4. The molecule has 7 heteroatoms. The number of piperidine rings is 1. The average molecular weight is 373 g/mol. The molecule has 7 nitrogen and oxygen atoms in total. The van der Waals surface area contributed by atoms with E-state index in [1.54, 1.807) is 24.4 Å². The maximum absolute atomic E-state index is 12.4. The first-order chi connectivity index (χ1) is 13.2. The van der Waals surface area contributed by atoms with Crippen LogP contribution in [0.5, 0.6) is 0 Å². The molecule has 0 unspecified atom stereocenters. The minimum absolute atomic E-state index is 0.0821. The first kappa shape index (κ1) is 19.5. The first-order valence-electron chi connectivity index (χ1n) is 9.57. The van der Waals surface area contributed by atoms with E-state index < -0.39 is 12.1 Å². The molecule has 2 aliphatic heterocycles. The van der Waals surface area contributed by atoms with Gasteiger partial charge in [0.15, 0.2) is 0 Å². The van der Waals surface area contributed by atoms with Gasteiger partial charge in [0, 0.05) is 25.0 Å². The Hall–Kier alpha value is -2.25. The molecule has 2 N–H and O–H groups in total. The van der Waals surface area contributed by atoms with E-state index in [1.165, 1.54) is 6.42 Å². The van der Waals surface area contributed by atoms with Crippen molar-refractivity contribution in [2.45, 2.75) is 50.4 Å². The van der Waals surface area contributed by atoms with Crippen LogP contribution < -0.4 is 5.32 Å². The summed E-state index contributed by atoms with van der Waals surface area (Å²) < 4.78 is 5.85. The lowest BCUT2D eigenvalue weighted by atomic mass is 10.0. The molecule has 2 amide bonds. The van der Waals surface area contributed by atoms with Crippen molar-refractivity contribution in [2.75, 3.05) is 19.7 Å². The van der Waals surface area contributed by atoms with E-state index in [2.05, 4.69) is 10.3 Å². The van der Waals surface area contributed by atoms with Crippen molar-refractivity contribution < 1.29 is 19.4 Å². The van der Waals surface area contributed by atoms with Crippen LogP contribution in [0.2, 0.25) is 0 Å². The zero-order valence-electron chi connectivity index (χ0n) is 15.4. The van der Waals surface area contributed by atoms with Crippen molar-refractivity contribution in [3.05, 3.63) is 42.2 Å². The number of nitrogens with zero attached hydrogens (tertiary/aromatic N) is 2. The zero-order valence-corrected chi connectivity index (χ0v) is 15.4. The number of aromatic nitrogens is 1. The van der Waals surface area contributed by atoms with Crippen LogP contribution in [0.15, 0.2) is 36.5 Å². The Kier molecular flexibility index (Phi) is 6.95. The number of aliphatic hydroxyl groups excluding tert-OH is 1. The van der Waals surface area contributed by atoms with Crippen molar-refractivity contribution in [1.82, 2.24) is 15.2 Å². The lowest BCUT2D eigenvalue weighted by Crippen LogP contribution is -2.49. The molecule has 1 fully saturated rings. The fourth-order valence-corrected chi connectivity index (χ4v) is 3.48. The highest BCUT2D eigenvalue weighted by molar-refractivity contribution is 5.79. The number of hydrogen-bond donors (Lipinski definition) is 2. The van der Waals surface area contributed by atoms with Gasteiger partial charge in [-0.3, -0.25) is 14.6 Å². The summed E-state index contributed by atoms with van der Waals surface area (Å²) in [5.41, 5.74) is 0.682. The highest BCUT2D eigenvalue weighted by atomic mass is 16.5. The third-order valence-corrected chi connectivity index (χ3v) is 4.94. The second-order valence-corrected chi connectivity index (χ2v) is 7.02. The Morgan fingerprint density at radius 1 is 1.22 bits per heavy atom. The molecule has 0 bridgehead atoms. The maximum atomic E-state index is 12.4. The molecule has 146 valence electrons. The highest BCUT2D eigenvalue weighted by Crippen LogP contribution is 2.18. The van der Waals surface area contributed by atoms with Gasteiger partial charge in [-0.1, -0.05) is 18.2 Å². The summed E-state index contributed by atoms with van der Waals surface area (Å²) in [4.78, 5) is 30.6. The van der Waals surface area contributed by atoms with E-state index in [0.717, 1.165) is 25.9 Å². The number of amides is 2. The number of carbonyl (C=O) groups excluding carboxylic acids is 2. The Bertz CT molecular complexity index is 658. The number of carbonyl (C=O) groups is 2. The topological polar surface area (TPSA) is 91.8 Å². The molecule has 27 heavy (non-hydrogen) atoms. The molecule has 0 spiro atoms. The molecule has 0 aromatic carbocycles. The normalized spacial score (nSPS) is 25.2. The van der Waals surface area contributed by atoms with E-state index in [1.807, 2.05) is 17.0 Å². The summed E-state index contributed by atoms with van der Waals surface area (Å²) in [6.45, 7) is 1.39. The highest BCUT2D eigenvalue weighted by Gasteiger charge is 2.30. The SMILES string of the molecule is O=C(Cc1ccccn1)N[C@@H]1C=C[C@H](CC(=O)N2CCCCC2)O[C@@H]1CO. The average Bonchev–Trinajstić information content (AvgIpc) is 2.70. The number of likely N-dealkylation sites (tertiary alicyclic amines) is 1. The van der Waals surface area contributed by atoms with Crippen molar-refractivity contribution in [2.24, 2.45) is 0 Å². The van der Waals surface area contributed by atoms with Crippen LogP contribution in [0.3, 0.4) is 0 Å². The van der Waals surface area contributed by atoms with Crippen LogP contribution in [0.4, 0.5) is 0 Å². The van der Waals surface area contributed by atoms with E-state index in [9.17, 15) is 14.7 Å². The number of hydrogen-bond acceptors (Lipinski definition) is 5. The van der Waals surface area contributed by atoms with E-state index >= 15 is 0 Å². The van der Waals surface area contributed by atoms with Gasteiger partial charge < -0.3 is 20.1 Å². The summed E-state index contributed by atoms with van der Waals surface area (Å²) in [5.74, 6) is -0.105. The third kappa shape index (κ3) is 5.61. The number of rotatable bonds is 6. The van der Waals surface area contributed by atoms with Gasteiger partial charge in [-0.2, -0.15) is 0 Å². The van der Waals surface area contributed by atoms with Gasteiger partial charge in [0.1, 0.15) is 6.10 Å². The number of pyridine rings is 1. The molecule has 0 aliphatic carbocycles. The number of ether oxygens (including phenoxy) is 1. The molecule has 3 heterocycles. The van der Waals surface area contributed by atoms with Crippen LogP contribution in [0, 0.1) is 0 Å². The van der Waals surface area contributed by atoms with Crippen molar-refractivity contribution >= 4 is 11.8 Å². The van der Waals surface area contributed by atoms with E-state index in [4.69, 9.17) is 4.74 Å².